The van der Waals surface area contributed by atoms with E-state index in [4.69, 9.17) is 0 Å². The van der Waals surface area contributed by atoms with Gasteiger partial charge in [0.05, 0.1) is 4.92 Å². The van der Waals surface area contributed by atoms with Gasteiger partial charge in [0.2, 0.25) is 23.6 Å². The van der Waals surface area contributed by atoms with E-state index in [2.05, 4.69) is 44.2 Å². The summed E-state index contributed by atoms with van der Waals surface area (Å²) < 4.78 is 0. The van der Waals surface area contributed by atoms with Crippen LogP contribution in [0.5, 0.6) is 0 Å². The number of aryl methyl sites for hydroxylation is 2. The highest BCUT2D eigenvalue weighted by molar-refractivity contribution is 7.15. The Labute approximate surface area is 337 Å². The van der Waals surface area contributed by atoms with Gasteiger partial charge in [-0.25, -0.2) is 9.97 Å². The summed E-state index contributed by atoms with van der Waals surface area (Å²) in [6, 6.07) is 11.5. The number of pyridine rings is 2. The topological polar surface area (TPSA) is 168 Å². The van der Waals surface area contributed by atoms with Gasteiger partial charge in [-0.15, -0.1) is 11.3 Å². The smallest absolute Gasteiger partial charge is 0.324 e. The van der Waals surface area contributed by atoms with Gasteiger partial charge < -0.3 is 20.4 Å². The molecule has 4 aliphatic heterocycles. The molecule has 8 rings (SSSR count). The van der Waals surface area contributed by atoms with Gasteiger partial charge in [-0.2, -0.15) is 0 Å². The number of aromatic nitrogens is 2. The van der Waals surface area contributed by atoms with Crippen LogP contribution in [0.2, 0.25) is 0 Å². The lowest BCUT2D eigenvalue weighted by atomic mass is 10.0. The zero-order valence-electron chi connectivity index (χ0n) is 31.1. The number of nitro groups is 1. The van der Waals surface area contributed by atoms with Crippen LogP contribution in [0, 0.1) is 10.1 Å². The number of carbonyl (C=O) groups excluding carboxylic acids is 4. The zero-order valence-corrected chi connectivity index (χ0v) is 32.8. The van der Waals surface area contributed by atoms with Crippen LogP contribution in [-0.2, 0) is 44.9 Å². The lowest BCUT2D eigenvalue weighted by molar-refractivity contribution is -0.380. The molecule has 0 aliphatic carbocycles. The van der Waals surface area contributed by atoms with E-state index in [0.717, 1.165) is 52.9 Å². The largest absolute Gasteiger partial charge is 0.335 e. The van der Waals surface area contributed by atoms with Gasteiger partial charge in [0.25, 0.3) is 0 Å². The normalized spacial score (nSPS) is 16.5. The average Bonchev–Trinajstić information content (AvgIpc) is 3.93. The first-order valence-corrected chi connectivity index (χ1v) is 20.5. The predicted octanol–water partition coefficient (Wildman–Crippen LogP) is 6.79. The van der Waals surface area contributed by atoms with Gasteiger partial charge in [-0.1, -0.05) is 40.7 Å². The van der Waals surface area contributed by atoms with Gasteiger partial charge in [-0.05, 0) is 89.7 Å². The molecule has 0 saturated carbocycles. The maximum Gasteiger partial charge on any atom is 0.324 e. The molecule has 0 fully saturated rings. The fraction of sp³-hybridized carbons (Fsp3) is 0.286. The van der Waals surface area contributed by atoms with Crippen LogP contribution in [0.25, 0.3) is 12.2 Å². The monoisotopic (exact) mass is 803 g/mol. The van der Waals surface area contributed by atoms with E-state index in [9.17, 15) is 29.3 Å². The number of anilines is 2. The van der Waals surface area contributed by atoms with E-state index < -0.39 is 0 Å². The third-order valence-corrected chi connectivity index (χ3v) is 11.9. The zero-order chi connectivity index (χ0) is 39.7. The summed E-state index contributed by atoms with van der Waals surface area (Å²) >= 11 is 2.97. The summed E-state index contributed by atoms with van der Waals surface area (Å²) in [6.45, 7) is 2.57. The number of fused-ring (bicyclic) bond motifs is 2. The van der Waals surface area contributed by atoms with Gasteiger partial charge in [-0.3, -0.25) is 29.3 Å². The van der Waals surface area contributed by atoms with Crippen LogP contribution in [0.15, 0.2) is 89.6 Å². The molecule has 0 bridgehead atoms. The highest BCUT2D eigenvalue weighted by atomic mass is 32.1. The van der Waals surface area contributed by atoms with Crippen LogP contribution in [-0.4, -0.2) is 74.5 Å². The molecule has 4 aliphatic rings. The van der Waals surface area contributed by atoms with E-state index in [1.54, 1.807) is 59.0 Å². The summed E-state index contributed by atoms with van der Waals surface area (Å²) in [5, 5.41) is 18.6. The summed E-state index contributed by atoms with van der Waals surface area (Å²) in [6.07, 6.45) is 19.9. The molecule has 292 valence electrons. The molecule has 0 atom stereocenters. The van der Waals surface area contributed by atoms with Gasteiger partial charge in [0.1, 0.15) is 11.6 Å². The molecule has 2 N–H and O–H groups in total. The Balaban J connectivity index is 0.000000175. The molecule has 0 saturated heterocycles. The van der Waals surface area contributed by atoms with Crippen LogP contribution in [0.1, 0.15) is 57.7 Å². The van der Waals surface area contributed by atoms with E-state index in [1.807, 2.05) is 23.1 Å². The SMILES string of the molecule is O=C1CCc2cc(/C=C/C(=O)N3CC=C(Cc4ccc([N+](=O)[O-])s4)CC3)cnc2N1.O=C1CCc2cc(/C=C/C(=O)N3CC=C(Cc4cccs4)CC3)cnc2N1. The number of thiophene rings is 2. The van der Waals surface area contributed by atoms with Crippen molar-refractivity contribution in [3.63, 3.8) is 0 Å². The molecular formula is C42H41N7O6S2. The average molecular weight is 804 g/mol. The van der Waals surface area contributed by atoms with Crippen molar-refractivity contribution in [1.82, 2.24) is 19.8 Å². The molecule has 57 heavy (non-hydrogen) atoms. The molecule has 13 nitrogen and oxygen atoms in total. The number of nitrogens with zero attached hydrogens (tertiary/aromatic N) is 5. The third-order valence-electron chi connectivity index (χ3n) is 10.0. The van der Waals surface area contributed by atoms with Crippen molar-refractivity contribution in [3.05, 3.63) is 132 Å². The summed E-state index contributed by atoms with van der Waals surface area (Å²) in [7, 11) is 0. The van der Waals surface area contributed by atoms with E-state index >= 15 is 0 Å². The van der Waals surface area contributed by atoms with Crippen LogP contribution in [0.3, 0.4) is 0 Å². The predicted molar refractivity (Wildman–Crippen MR) is 222 cm³/mol. The summed E-state index contributed by atoms with van der Waals surface area (Å²) in [4.78, 5) is 72.7. The second kappa shape index (κ2) is 18.3. The van der Waals surface area contributed by atoms with Crippen molar-refractivity contribution in [3.8, 4) is 0 Å². The minimum Gasteiger partial charge on any atom is -0.335 e. The number of nitrogens with one attached hydrogen (secondary N) is 2. The van der Waals surface area contributed by atoms with Crippen molar-refractivity contribution < 1.29 is 24.1 Å². The lowest BCUT2D eigenvalue weighted by Crippen LogP contribution is -2.33. The quantitative estimate of drug-likeness (QED) is 0.0807. The van der Waals surface area contributed by atoms with E-state index in [1.165, 1.54) is 33.4 Å². The summed E-state index contributed by atoms with van der Waals surface area (Å²) in [5.74, 6) is 1.16. The Kier molecular flexibility index (Phi) is 12.6. The molecule has 4 amide bonds. The minimum atomic E-state index is -0.371. The first kappa shape index (κ1) is 39.2. The maximum absolute atomic E-state index is 12.5. The van der Waals surface area contributed by atoms with Crippen molar-refractivity contribution in [2.45, 2.75) is 51.4 Å². The molecule has 15 heteroatoms. The molecular weight excluding hydrogens is 763 g/mol. The fourth-order valence-corrected chi connectivity index (χ4v) is 8.47. The maximum atomic E-state index is 12.5. The lowest BCUT2D eigenvalue weighted by Gasteiger charge is -2.25. The van der Waals surface area contributed by atoms with Crippen LogP contribution >= 0.6 is 22.7 Å². The van der Waals surface area contributed by atoms with Crippen LogP contribution in [0.4, 0.5) is 16.6 Å². The molecule has 4 aromatic rings. The Morgan fingerprint density at radius 2 is 1.30 bits per heavy atom. The number of amides is 4. The molecule has 8 heterocycles. The molecule has 0 radical (unpaired) electrons. The molecule has 0 aromatic carbocycles. The molecule has 4 aromatic heterocycles. The van der Waals surface area contributed by atoms with Crippen molar-refractivity contribution in [1.29, 1.82) is 0 Å². The second-order valence-corrected chi connectivity index (χ2v) is 16.2. The Morgan fingerprint density at radius 1 is 0.754 bits per heavy atom. The third kappa shape index (κ3) is 10.6. The molecule has 0 unspecified atom stereocenters. The first-order valence-electron chi connectivity index (χ1n) is 18.8. The number of carbonyl (C=O) groups is 4. The first-order chi connectivity index (χ1) is 27.6. The Morgan fingerprint density at radius 3 is 1.75 bits per heavy atom. The highest BCUT2D eigenvalue weighted by Gasteiger charge is 2.20. The standard InChI is InChI=1S/C21H20N4O4S.C21H21N3O2S/c26-18-4-2-16-11-15(13-22-21(16)23-18)1-5-19(27)24-9-7-14(8-10-24)12-17-3-6-20(30-17)25(28)29;25-19-5-4-17-12-16(14-22-21(17)23-19)3-6-20(26)24-9-7-15(8-10-24)13-18-2-1-11-27-18/h1,3,5-7,11,13H,2,4,8-10,12H2,(H,22,23,26);1-3,6-7,11-12,14H,4-5,8-10,13H2,(H,22,23,25)/b5-1+;6-3+. The number of hydrogen-bond acceptors (Lipinski definition) is 10. The van der Waals surface area contributed by atoms with E-state index in [0.29, 0.717) is 63.4 Å². The molecule has 0 spiro atoms. The minimum absolute atomic E-state index is 0.00470. The number of hydrogen-bond donors (Lipinski definition) is 2. The second-order valence-electron chi connectivity index (χ2n) is 14.0. The van der Waals surface area contributed by atoms with Gasteiger partial charge in [0.15, 0.2) is 0 Å². The van der Waals surface area contributed by atoms with Crippen molar-refractivity contribution in [2.75, 3.05) is 36.8 Å². The van der Waals surface area contributed by atoms with Gasteiger partial charge in [0, 0.05) is 92.2 Å². The van der Waals surface area contributed by atoms with Crippen molar-refractivity contribution in [2.24, 2.45) is 0 Å². The Hall–Kier alpha value is -6.06. The van der Waals surface area contributed by atoms with Crippen LogP contribution < -0.4 is 10.6 Å². The summed E-state index contributed by atoms with van der Waals surface area (Å²) in [5.41, 5.74) is 6.30. The number of rotatable bonds is 9. The van der Waals surface area contributed by atoms with Crippen molar-refractivity contribution >= 4 is 75.1 Å². The van der Waals surface area contributed by atoms with Gasteiger partial charge >= 0.3 is 5.00 Å². The highest BCUT2D eigenvalue weighted by Crippen LogP contribution is 2.28. The Bertz CT molecular complexity index is 2310. The fourth-order valence-electron chi connectivity index (χ4n) is 6.84. The van der Waals surface area contributed by atoms with E-state index in [-0.39, 0.29) is 33.6 Å².